The van der Waals surface area contributed by atoms with Crippen LogP contribution in [0.4, 0.5) is 0 Å². The third-order valence-corrected chi connectivity index (χ3v) is 3.61. The molecule has 1 aromatic rings. The molecule has 0 fully saturated rings. The van der Waals surface area contributed by atoms with Gasteiger partial charge in [-0.05, 0) is 12.8 Å². The first-order chi connectivity index (χ1) is 9.49. The molecule has 0 aromatic carbocycles. The van der Waals surface area contributed by atoms with Crippen molar-refractivity contribution in [2.24, 2.45) is 11.7 Å². The molecule has 0 aliphatic carbocycles. The Kier molecular flexibility index (Phi) is 3.84. The predicted molar refractivity (Wildman–Crippen MR) is 74.0 cm³/mol. The van der Waals surface area contributed by atoms with Gasteiger partial charge in [0.25, 0.3) is 0 Å². The maximum Gasteiger partial charge on any atom is 0.343 e. The molecule has 1 aliphatic rings. The van der Waals surface area contributed by atoms with E-state index in [2.05, 4.69) is 13.0 Å². The highest BCUT2D eigenvalue weighted by Gasteiger charge is 2.36. The van der Waals surface area contributed by atoms with Gasteiger partial charge in [0, 0.05) is 12.0 Å². The molecule has 0 saturated carbocycles. The van der Waals surface area contributed by atoms with Gasteiger partial charge in [0.2, 0.25) is 5.88 Å². The molecule has 2 heterocycles. The maximum absolute atomic E-state index is 12.2. The number of nitrogens with zero attached hydrogens (tertiary/aromatic N) is 1. The predicted octanol–water partition coefficient (Wildman–Crippen LogP) is 2.55. The van der Waals surface area contributed by atoms with Crippen molar-refractivity contribution in [2.75, 3.05) is 0 Å². The molecule has 0 radical (unpaired) electrons. The van der Waals surface area contributed by atoms with E-state index < -0.39 is 5.63 Å². The summed E-state index contributed by atoms with van der Waals surface area (Å²) >= 11 is 0. The summed E-state index contributed by atoms with van der Waals surface area (Å²) in [5, 5.41) is 9.32. The molecule has 2 rings (SSSR count). The van der Waals surface area contributed by atoms with Gasteiger partial charge in [0.1, 0.15) is 17.6 Å². The van der Waals surface area contributed by atoms with Gasteiger partial charge >= 0.3 is 5.63 Å². The minimum atomic E-state index is -0.451. The first-order valence-electron chi connectivity index (χ1n) is 6.71. The molecule has 1 aromatic heterocycles. The molecule has 5 nitrogen and oxygen atoms in total. The number of fused-ring (bicyclic) bond motifs is 1. The molecule has 0 spiro atoms. The fourth-order valence-corrected chi connectivity index (χ4v) is 2.75. The van der Waals surface area contributed by atoms with E-state index in [0.29, 0.717) is 22.6 Å². The summed E-state index contributed by atoms with van der Waals surface area (Å²) in [7, 11) is 0. The van der Waals surface area contributed by atoms with Crippen LogP contribution in [-0.2, 0) is 0 Å². The van der Waals surface area contributed by atoms with E-state index in [1.165, 1.54) is 0 Å². The maximum atomic E-state index is 12.2. The van der Waals surface area contributed by atoms with Gasteiger partial charge in [0.05, 0.1) is 11.1 Å². The van der Waals surface area contributed by atoms with Crippen molar-refractivity contribution in [3.05, 3.63) is 39.3 Å². The first-order valence-corrected chi connectivity index (χ1v) is 6.71. The van der Waals surface area contributed by atoms with E-state index in [1.807, 2.05) is 6.92 Å². The summed E-state index contributed by atoms with van der Waals surface area (Å²) in [5.41, 5.74) is 6.10. The second kappa shape index (κ2) is 5.41. The van der Waals surface area contributed by atoms with E-state index in [-0.39, 0.29) is 17.7 Å². The average Bonchev–Trinajstić information content (AvgIpc) is 2.36. The van der Waals surface area contributed by atoms with Crippen molar-refractivity contribution < 1.29 is 9.15 Å². The summed E-state index contributed by atoms with van der Waals surface area (Å²) < 4.78 is 10.6. The van der Waals surface area contributed by atoms with E-state index in [9.17, 15) is 10.1 Å². The fraction of sp³-hybridized carbons (Fsp3) is 0.467. The quantitative estimate of drug-likeness (QED) is 0.914. The van der Waals surface area contributed by atoms with Gasteiger partial charge < -0.3 is 14.9 Å². The molecule has 0 bridgehead atoms. The highest BCUT2D eigenvalue weighted by Crippen LogP contribution is 2.41. The molecule has 0 unspecified atom stereocenters. The summed E-state index contributed by atoms with van der Waals surface area (Å²) in [6.45, 7) is 5.75. The minimum absolute atomic E-state index is 0.0814. The van der Waals surface area contributed by atoms with Crippen LogP contribution in [0.1, 0.15) is 43.9 Å². The van der Waals surface area contributed by atoms with Crippen LogP contribution < -0.4 is 16.1 Å². The Balaban J connectivity index is 2.64. The van der Waals surface area contributed by atoms with Crippen LogP contribution in [0.15, 0.2) is 26.7 Å². The zero-order chi connectivity index (χ0) is 14.9. The highest BCUT2D eigenvalue weighted by atomic mass is 16.5. The Hall–Kier alpha value is -2.22. The molecule has 2 atom stereocenters. The zero-order valence-electron chi connectivity index (χ0n) is 11.9. The standard InChI is InChI=1S/C15H18N2O3/c1-4-5-8(2)12-10(7-16)14(17)20-11-6-9(3)19-15(18)13(11)12/h6,8,12H,4-5,17H2,1-3H3/t8-,12+/m1/s1. The molecule has 1 aliphatic heterocycles. The SMILES string of the molecule is CCC[C@@H](C)[C@H]1C(C#N)=C(N)Oc2cc(C)oc(=O)c21. The Morgan fingerprint density at radius 1 is 1.55 bits per heavy atom. The summed E-state index contributed by atoms with van der Waals surface area (Å²) in [6.07, 6.45) is 1.85. The largest absolute Gasteiger partial charge is 0.440 e. The summed E-state index contributed by atoms with van der Waals surface area (Å²) in [6, 6.07) is 3.72. The van der Waals surface area contributed by atoms with Crippen molar-refractivity contribution in [1.29, 1.82) is 5.26 Å². The molecular weight excluding hydrogens is 256 g/mol. The number of nitriles is 1. The third kappa shape index (κ3) is 2.29. The number of rotatable bonds is 3. The Bertz CT molecular complexity index is 652. The minimum Gasteiger partial charge on any atom is -0.440 e. The highest BCUT2D eigenvalue weighted by molar-refractivity contribution is 5.48. The van der Waals surface area contributed by atoms with Gasteiger partial charge in [-0.3, -0.25) is 0 Å². The van der Waals surface area contributed by atoms with E-state index in [4.69, 9.17) is 14.9 Å². The van der Waals surface area contributed by atoms with Gasteiger partial charge in [-0.1, -0.05) is 26.7 Å². The molecule has 0 saturated heterocycles. The second-order valence-corrected chi connectivity index (χ2v) is 5.16. The zero-order valence-corrected chi connectivity index (χ0v) is 11.9. The topological polar surface area (TPSA) is 89.2 Å². The van der Waals surface area contributed by atoms with Crippen LogP contribution in [-0.4, -0.2) is 0 Å². The number of aryl methyl sites for hydroxylation is 1. The molecule has 20 heavy (non-hydrogen) atoms. The Morgan fingerprint density at radius 3 is 2.85 bits per heavy atom. The molecular formula is C15H18N2O3. The monoisotopic (exact) mass is 274 g/mol. The Labute approximate surface area is 117 Å². The van der Waals surface area contributed by atoms with Crippen LogP contribution in [0, 0.1) is 24.2 Å². The normalized spacial score (nSPS) is 19.0. The smallest absolute Gasteiger partial charge is 0.343 e. The third-order valence-electron chi connectivity index (χ3n) is 3.61. The lowest BCUT2D eigenvalue weighted by atomic mass is 9.79. The average molecular weight is 274 g/mol. The molecule has 2 N–H and O–H groups in total. The number of hydrogen-bond acceptors (Lipinski definition) is 5. The fourth-order valence-electron chi connectivity index (χ4n) is 2.75. The van der Waals surface area contributed by atoms with Gasteiger partial charge in [-0.2, -0.15) is 5.26 Å². The molecule has 5 heteroatoms. The lowest BCUT2D eigenvalue weighted by Gasteiger charge is -2.29. The number of ether oxygens (including phenoxy) is 1. The van der Waals surface area contributed by atoms with Crippen LogP contribution in [0.3, 0.4) is 0 Å². The van der Waals surface area contributed by atoms with Crippen molar-refractivity contribution in [2.45, 2.75) is 39.5 Å². The van der Waals surface area contributed by atoms with Crippen LogP contribution in [0.2, 0.25) is 0 Å². The van der Waals surface area contributed by atoms with Gasteiger partial charge in [-0.15, -0.1) is 0 Å². The number of nitrogens with two attached hydrogens (primary N) is 1. The van der Waals surface area contributed by atoms with E-state index in [0.717, 1.165) is 12.8 Å². The van der Waals surface area contributed by atoms with Crippen LogP contribution >= 0.6 is 0 Å². The molecule has 106 valence electrons. The van der Waals surface area contributed by atoms with Crippen LogP contribution in [0.25, 0.3) is 0 Å². The number of allylic oxidation sites excluding steroid dienone is 1. The van der Waals surface area contributed by atoms with Crippen molar-refractivity contribution in [3.63, 3.8) is 0 Å². The number of hydrogen-bond donors (Lipinski definition) is 1. The lowest BCUT2D eigenvalue weighted by molar-refractivity contribution is 0.338. The Morgan fingerprint density at radius 2 is 2.25 bits per heavy atom. The van der Waals surface area contributed by atoms with Crippen LogP contribution in [0.5, 0.6) is 5.75 Å². The summed E-state index contributed by atoms with van der Waals surface area (Å²) in [4.78, 5) is 12.2. The van der Waals surface area contributed by atoms with E-state index in [1.54, 1.807) is 13.0 Å². The van der Waals surface area contributed by atoms with Gasteiger partial charge in [-0.25, -0.2) is 4.79 Å². The van der Waals surface area contributed by atoms with Crippen molar-refractivity contribution in [1.82, 2.24) is 0 Å². The van der Waals surface area contributed by atoms with Gasteiger partial charge in [0.15, 0.2) is 0 Å². The first kappa shape index (κ1) is 14.2. The second-order valence-electron chi connectivity index (χ2n) is 5.16. The lowest BCUT2D eigenvalue weighted by Crippen LogP contribution is -2.29. The van der Waals surface area contributed by atoms with Crippen molar-refractivity contribution >= 4 is 0 Å². The van der Waals surface area contributed by atoms with Crippen molar-refractivity contribution in [3.8, 4) is 11.8 Å². The van der Waals surface area contributed by atoms with E-state index >= 15 is 0 Å². The molecule has 0 amide bonds. The summed E-state index contributed by atoms with van der Waals surface area (Å²) in [5.74, 6) is 0.701.